The molecule has 19 heavy (non-hydrogen) atoms. The molecular weight excluding hydrogens is 242 g/mol. The first kappa shape index (κ1) is 13.8. The Kier molecular flexibility index (Phi) is 4.39. The lowest BCUT2D eigenvalue weighted by Gasteiger charge is -2.31. The number of benzene rings is 1. The van der Waals surface area contributed by atoms with Crippen molar-refractivity contribution in [1.29, 1.82) is 0 Å². The maximum Gasteiger partial charge on any atom is 0.243 e. The summed E-state index contributed by atoms with van der Waals surface area (Å²) in [6, 6.07) is 5.54. The van der Waals surface area contributed by atoms with Crippen molar-refractivity contribution in [3.63, 3.8) is 0 Å². The van der Waals surface area contributed by atoms with E-state index >= 15 is 0 Å². The van der Waals surface area contributed by atoms with Gasteiger partial charge in [0.2, 0.25) is 5.91 Å². The molecule has 104 valence electrons. The second-order valence-electron chi connectivity index (χ2n) is 4.87. The van der Waals surface area contributed by atoms with Crippen LogP contribution in [0.15, 0.2) is 18.2 Å². The van der Waals surface area contributed by atoms with Gasteiger partial charge in [0.25, 0.3) is 0 Å². The highest BCUT2D eigenvalue weighted by Gasteiger charge is 2.25. The summed E-state index contributed by atoms with van der Waals surface area (Å²) >= 11 is 0. The number of ether oxygens (including phenoxy) is 1. The number of hydrogen-bond donors (Lipinski definition) is 2. The molecule has 5 heteroatoms. The molecule has 1 unspecified atom stereocenters. The molecule has 1 aromatic rings. The number of nitrogens with one attached hydrogen (secondary N) is 2. The summed E-state index contributed by atoms with van der Waals surface area (Å²) in [5.74, 6) is 0.855. The minimum Gasteiger partial charge on any atom is -0.496 e. The molecule has 0 aromatic heterocycles. The van der Waals surface area contributed by atoms with Crippen molar-refractivity contribution >= 4 is 11.6 Å². The van der Waals surface area contributed by atoms with E-state index in [1.807, 2.05) is 32.2 Å². The number of hydrogen-bond acceptors (Lipinski definition) is 4. The molecule has 1 heterocycles. The van der Waals surface area contributed by atoms with Crippen LogP contribution in [0.2, 0.25) is 0 Å². The molecule has 0 spiro atoms. The normalized spacial score (nSPS) is 20.1. The molecule has 1 aliphatic rings. The zero-order valence-corrected chi connectivity index (χ0v) is 11.7. The van der Waals surface area contributed by atoms with Crippen LogP contribution in [0.1, 0.15) is 5.56 Å². The minimum absolute atomic E-state index is 0.0271. The van der Waals surface area contributed by atoms with Crippen LogP contribution in [0.25, 0.3) is 0 Å². The van der Waals surface area contributed by atoms with Gasteiger partial charge in [-0.25, -0.2) is 0 Å². The summed E-state index contributed by atoms with van der Waals surface area (Å²) in [7, 11) is 3.62. The van der Waals surface area contributed by atoms with E-state index in [0.29, 0.717) is 6.54 Å². The Morgan fingerprint density at radius 3 is 2.95 bits per heavy atom. The summed E-state index contributed by atoms with van der Waals surface area (Å²) in [5.41, 5.74) is 1.82. The number of aryl methyl sites for hydroxylation is 1. The number of likely N-dealkylation sites (N-methyl/N-ethyl adjacent to an activating group) is 1. The summed E-state index contributed by atoms with van der Waals surface area (Å²) in [6.07, 6.45) is 0. The molecule has 0 radical (unpaired) electrons. The summed E-state index contributed by atoms with van der Waals surface area (Å²) in [5, 5.41) is 6.20. The number of methoxy groups -OCH3 is 1. The van der Waals surface area contributed by atoms with Gasteiger partial charge < -0.3 is 15.4 Å². The number of anilines is 1. The summed E-state index contributed by atoms with van der Waals surface area (Å²) < 4.78 is 5.21. The number of nitrogens with zero attached hydrogens (tertiary/aromatic N) is 1. The van der Waals surface area contributed by atoms with Gasteiger partial charge in [0.05, 0.1) is 7.11 Å². The van der Waals surface area contributed by atoms with E-state index in [2.05, 4.69) is 15.5 Å². The first-order valence-electron chi connectivity index (χ1n) is 6.48. The fourth-order valence-electron chi connectivity index (χ4n) is 2.28. The minimum atomic E-state index is -0.115. The molecular formula is C14H21N3O2. The molecule has 2 N–H and O–H groups in total. The third kappa shape index (κ3) is 3.24. The average molecular weight is 263 g/mol. The standard InChI is InChI=1S/C14H21N3O2/c1-10-8-11(4-5-13(10)19-3)16-14(18)12-9-15-6-7-17(12)2/h4-5,8,12,15H,6-7,9H2,1-3H3,(H,16,18). The highest BCUT2D eigenvalue weighted by atomic mass is 16.5. The molecule has 0 bridgehead atoms. The zero-order chi connectivity index (χ0) is 13.8. The Morgan fingerprint density at radius 2 is 2.32 bits per heavy atom. The van der Waals surface area contributed by atoms with Gasteiger partial charge in [0.1, 0.15) is 11.8 Å². The Balaban J connectivity index is 2.04. The third-order valence-corrected chi connectivity index (χ3v) is 3.48. The fraction of sp³-hybridized carbons (Fsp3) is 0.500. The smallest absolute Gasteiger partial charge is 0.243 e. The molecule has 1 amide bonds. The Labute approximate surface area is 113 Å². The van der Waals surface area contributed by atoms with Crippen molar-refractivity contribution in [3.05, 3.63) is 23.8 Å². The van der Waals surface area contributed by atoms with Crippen molar-refractivity contribution < 1.29 is 9.53 Å². The van der Waals surface area contributed by atoms with Gasteiger partial charge >= 0.3 is 0 Å². The maximum atomic E-state index is 12.2. The van der Waals surface area contributed by atoms with E-state index in [4.69, 9.17) is 4.74 Å². The van der Waals surface area contributed by atoms with Crippen LogP contribution < -0.4 is 15.4 Å². The lowest BCUT2D eigenvalue weighted by molar-refractivity contribution is -0.121. The molecule has 1 fully saturated rings. The molecule has 1 aromatic carbocycles. The monoisotopic (exact) mass is 263 g/mol. The predicted molar refractivity (Wildman–Crippen MR) is 75.6 cm³/mol. The Hall–Kier alpha value is -1.59. The summed E-state index contributed by atoms with van der Waals surface area (Å²) in [4.78, 5) is 14.3. The first-order valence-corrected chi connectivity index (χ1v) is 6.48. The Bertz CT molecular complexity index is 462. The van der Waals surface area contributed by atoms with Crippen LogP contribution >= 0.6 is 0 Å². The van der Waals surface area contributed by atoms with Crippen LogP contribution in [0.4, 0.5) is 5.69 Å². The largest absolute Gasteiger partial charge is 0.496 e. The molecule has 0 saturated carbocycles. The quantitative estimate of drug-likeness (QED) is 0.849. The third-order valence-electron chi connectivity index (χ3n) is 3.48. The van der Waals surface area contributed by atoms with Crippen LogP contribution in [0, 0.1) is 6.92 Å². The van der Waals surface area contributed by atoms with Gasteiger partial charge in [-0.3, -0.25) is 9.69 Å². The molecule has 2 rings (SSSR count). The van der Waals surface area contributed by atoms with E-state index in [1.54, 1.807) is 7.11 Å². The van der Waals surface area contributed by atoms with E-state index in [0.717, 1.165) is 30.1 Å². The van der Waals surface area contributed by atoms with Crippen molar-refractivity contribution in [2.24, 2.45) is 0 Å². The van der Waals surface area contributed by atoms with Gasteiger partial charge in [-0.05, 0) is 37.7 Å². The maximum absolute atomic E-state index is 12.2. The van der Waals surface area contributed by atoms with Crippen molar-refractivity contribution in [1.82, 2.24) is 10.2 Å². The van der Waals surface area contributed by atoms with Crippen LogP contribution in [-0.4, -0.2) is 50.6 Å². The van der Waals surface area contributed by atoms with Gasteiger partial charge in [-0.1, -0.05) is 0 Å². The second kappa shape index (κ2) is 6.04. The van der Waals surface area contributed by atoms with Crippen LogP contribution in [0.3, 0.4) is 0 Å². The van der Waals surface area contributed by atoms with E-state index in [9.17, 15) is 4.79 Å². The van der Waals surface area contributed by atoms with Crippen molar-refractivity contribution in [2.45, 2.75) is 13.0 Å². The molecule has 0 aliphatic carbocycles. The van der Waals surface area contributed by atoms with E-state index in [1.165, 1.54) is 0 Å². The molecule has 1 saturated heterocycles. The molecule has 1 aliphatic heterocycles. The van der Waals surface area contributed by atoms with Gasteiger partial charge in [-0.15, -0.1) is 0 Å². The van der Waals surface area contributed by atoms with Gasteiger partial charge in [0, 0.05) is 25.3 Å². The SMILES string of the molecule is COc1ccc(NC(=O)C2CNCCN2C)cc1C. The van der Waals surface area contributed by atoms with Crippen LogP contribution in [-0.2, 0) is 4.79 Å². The van der Waals surface area contributed by atoms with E-state index < -0.39 is 0 Å². The number of amides is 1. The second-order valence-corrected chi connectivity index (χ2v) is 4.87. The lowest BCUT2D eigenvalue weighted by Crippen LogP contribution is -2.54. The highest BCUT2D eigenvalue weighted by Crippen LogP contribution is 2.21. The number of rotatable bonds is 3. The average Bonchev–Trinajstić information content (AvgIpc) is 2.39. The molecule has 5 nitrogen and oxygen atoms in total. The van der Waals surface area contributed by atoms with Crippen LogP contribution in [0.5, 0.6) is 5.75 Å². The molecule has 1 atom stereocenters. The summed E-state index contributed by atoms with van der Waals surface area (Å²) in [6.45, 7) is 4.47. The van der Waals surface area contributed by atoms with Gasteiger partial charge in [0.15, 0.2) is 0 Å². The zero-order valence-electron chi connectivity index (χ0n) is 11.7. The topological polar surface area (TPSA) is 53.6 Å². The van der Waals surface area contributed by atoms with Crippen molar-refractivity contribution in [2.75, 3.05) is 39.1 Å². The van der Waals surface area contributed by atoms with Gasteiger partial charge in [-0.2, -0.15) is 0 Å². The lowest BCUT2D eigenvalue weighted by atomic mass is 10.1. The Morgan fingerprint density at radius 1 is 1.53 bits per heavy atom. The predicted octanol–water partition coefficient (Wildman–Crippen LogP) is 0.846. The number of piperazine rings is 1. The number of carbonyl (C=O) groups excluding carboxylic acids is 1. The van der Waals surface area contributed by atoms with Crippen molar-refractivity contribution in [3.8, 4) is 5.75 Å². The first-order chi connectivity index (χ1) is 9.11. The van der Waals surface area contributed by atoms with E-state index in [-0.39, 0.29) is 11.9 Å². The highest BCUT2D eigenvalue weighted by molar-refractivity contribution is 5.95. The number of carbonyl (C=O) groups is 1. The fourth-order valence-corrected chi connectivity index (χ4v) is 2.28.